The zero-order valence-electron chi connectivity index (χ0n) is 16.8. The van der Waals surface area contributed by atoms with Gasteiger partial charge in [0.2, 0.25) is 0 Å². The van der Waals surface area contributed by atoms with Crippen LogP contribution in [0.15, 0.2) is 77.8 Å². The molecule has 0 bridgehead atoms. The average Bonchev–Trinajstić information content (AvgIpc) is 3.23. The maximum Gasteiger partial charge on any atom is 0.277 e. The van der Waals surface area contributed by atoms with Crippen molar-refractivity contribution in [2.24, 2.45) is 4.99 Å². The molecular formula is C24H21N3O3. The lowest BCUT2D eigenvalue weighted by Crippen LogP contribution is -2.11. The van der Waals surface area contributed by atoms with Gasteiger partial charge in [0, 0.05) is 12.0 Å². The van der Waals surface area contributed by atoms with Gasteiger partial charge in [-0.2, -0.15) is 0 Å². The number of amides is 1. The fraction of sp³-hybridized carbons (Fsp3) is 0.125. The molecule has 1 aromatic heterocycles. The summed E-state index contributed by atoms with van der Waals surface area (Å²) in [4.78, 5) is 25.1. The second-order valence-corrected chi connectivity index (χ2v) is 6.70. The molecule has 6 nitrogen and oxygen atoms in total. The monoisotopic (exact) mass is 399 g/mol. The van der Waals surface area contributed by atoms with Gasteiger partial charge in [-0.3, -0.25) is 4.79 Å². The van der Waals surface area contributed by atoms with E-state index in [-0.39, 0.29) is 5.91 Å². The molecule has 0 saturated heterocycles. The maximum absolute atomic E-state index is 12.8. The first-order chi connectivity index (χ1) is 14.7. The number of para-hydroxylation sites is 2. The van der Waals surface area contributed by atoms with Crippen molar-refractivity contribution in [1.82, 2.24) is 9.97 Å². The summed E-state index contributed by atoms with van der Waals surface area (Å²) in [5.41, 5.74) is 3.71. The third kappa shape index (κ3) is 4.07. The number of hydrogen-bond acceptors (Lipinski definition) is 4. The van der Waals surface area contributed by atoms with Crippen molar-refractivity contribution in [1.29, 1.82) is 0 Å². The Labute approximate surface area is 174 Å². The Kier molecular flexibility index (Phi) is 5.57. The summed E-state index contributed by atoms with van der Waals surface area (Å²) >= 11 is 0. The van der Waals surface area contributed by atoms with Crippen molar-refractivity contribution < 1.29 is 14.3 Å². The summed E-state index contributed by atoms with van der Waals surface area (Å²) in [7, 11) is 3.19. The number of carbonyl (C=O) groups is 1. The smallest absolute Gasteiger partial charge is 0.277 e. The SMILES string of the molecule is COc1ccc(CC(=NC(=O)c2ccccc2)c2nc3ccccc3[nH]2)cc1OC. The maximum atomic E-state index is 12.8. The molecule has 4 rings (SSSR count). The lowest BCUT2D eigenvalue weighted by molar-refractivity contribution is 0.100. The number of aliphatic imine (C=N–C) groups is 1. The molecule has 0 unspecified atom stereocenters. The van der Waals surface area contributed by atoms with Crippen LogP contribution in [0.2, 0.25) is 0 Å². The number of imidazole rings is 1. The molecule has 0 atom stereocenters. The molecule has 1 amide bonds. The number of aromatic amines is 1. The van der Waals surface area contributed by atoms with E-state index in [0.29, 0.717) is 35.0 Å². The van der Waals surface area contributed by atoms with Crippen LogP contribution in [0.4, 0.5) is 0 Å². The highest BCUT2D eigenvalue weighted by Crippen LogP contribution is 2.28. The Morgan fingerprint density at radius 2 is 1.67 bits per heavy atom. The molecule has 4 aromatic rings. The summed E-state index contributed by atoms with van der Waals surface area (Å²) in [6.45, 7) is 0. The van der Waals surface area contributed by atoms with Crippen molar-refractivity contribution in [3.8, 4) is 11.5 Å². The van der Waals surface area contributed by atoms with E-state index in [1.807, 2.05) is 60.7 Å². The van der Waals surface area contributed by atoms with Crippen molar-refractivity contribution in [3.63, 3.8) is 0 Å². The number of carbonyl (C=O) groups excluding carboxylic acids is 1. The van der Waals surface area contributed by atoms with Crippen LogP contribution in [0.25, 0.3) is 11.0 Å². The van der Waals surface area contributed by atoms with Crippen molar-refractivity contribution in [2.75, 3.05) is 14.2 Å². The summed E-state index contributed by atoms with van der Waals surface area (Å²) < 4.78 is 10.7. The molecule has 0 fully saturated rings. The third-order valence-electron chi connectivity index (χ3n) is 4.74. The first-order valence-corrected chi connectivity index (χ1v) is 9.51. The van der Waals surface area contributed by atoms with E-state index in [9.17, 15) is 4.79 Å². The van der Waals surface area contributed by atoms with Crippen LogP contribution in [0.5, 0.6) is 11.5 Å². The molecule has 0 aliphatic carbocycles. The van der Waals surface area contributed by atoms with Gasteiger partial charge < -0.3 is 14.5 Å². The van der Waals surface area contributed by atoms with Gasteiger partial charge in [-0.25, -0.2) is 9.98 Å². The Bertz CT molecular complexity index is 1180. The summed E-state index contributed by atoms with van der Waals surface area (Å²) in [6.07, 6.45) is 0.402. The number of ether oxygens (including phenoxy) is 2. The summed E-state index contributed by atoms with van der Waals surface area (Å²) in [5, 5.41) is 0. The van der Waals surface area contributed by atoms with Gasteiger partial charge in [0.1, 0.15) is 0 Å². The van der Waals surface area contributed by atoms with E-state index < -0.39 is 0 Å². The molecule has 1 heterocycles. The molecule has 6 heteroatoms. The van der Waals surface area contributed by atoms with Crippen molar-refractivity contribution in [3.05, 3.63) is 89.7 Å². The fourth-order valence-electron chi connectivity index (χ4n) is 3.22. The lowest BCUT2D eigenvalue weighted by Gasteiger charge is -2.10. The standard InChI is InChI=1S/C24H21N3O3/c1-29-21-13-12-16(15-22(21)30-2)14-20(27-24(28)17-8-4-3-5-9-17)23-25-18-10-6-7-11-19(18)26-23/h3-13,15H,14H2,1-2H3,(H,25,26). The van der Waals surface area contributed by atoms with Crippen LogP contribution in [0, 0.1) is 0 Å². The Balaban J connectivity index is 1.75. The Hall–Kier alpha value is -3.93. The minimum Gasteiger partial charge on any atom is -0.493 e. The van der Waals surface area contributed by atoms with Crippen LogP contribution in [-0.2, 0) is 6.42 Å². The normalized spacial score (nSPS) is 11.5. The number of nitrogens with one attached hydrogen (secondary N) is 1. The predicted octanol–water partition coefficient (Wildman–Crippen LogP) is 4.45. The highest BCUT2D eigenvalue weighted by molar-refractivity contribution is 6.10. The molecule has 0 spiro atoms. The number of benzene rings is 3. The van der Waals surface area contributed by atoms with Gasteiger partial charge in [0.05, 0.1) is 31.0 Å². The molecule has 1 N–H and O–H groups in total. The number of fused-ring (bicyclic) bond motifs is 1. The fourth-order valence-corrected chi connectivity index (χ4v) is 3.22. The topological polar surface area (TPSA) is 76.6 Å². The van der Waals surface area contributed by atoms with Crippen LogP contribution in [0.3, 0.4) is 0 Å². The van der Waals surface area contributed by atoms with Gasteiger partial charge in [-0.15, -0.1) is 0 Å². The number of H-pyrrole nitrogens is 1. The van der Waals surface area contributed by atoms with Gasteiger partial charge in [0.25, 0.3) is 5.91 Å². The third-order valence-corrected chi connectivity index (χ3v) is 4.74. The molecular weight excluding hydrogens is 378 g/mol. The van der Waals surface area contributed by atoms with E-state index in [1.54, 1.807) is 26.4 Å². The van der Waals surface area contributed by atoms with E-state index in [1.165, 1.54) is 0 Å². The average molecular weight is 399 g/mol. The number of rotatable bonds is 6. The molecule has 3 aromatic carbocycles. The zero-order chi connectivity index (χ0) is 20.9. The number of aromatic nitrogens is 2. The second-order valence-electron chi connectivity index (χ2n) is 6.70. The second kappa shape index (κ2) is 8.61. The van der Waals surface area contributed by atoms with Gasteiger partial charge in [0.15, 0.2) is 17.3 Å². The molecule has 30 heavy (non-hydrogen) atoms. The minimum absolute atomic E-state index is 0.313. The lowest BCUT2D eigenvalue weighted by atomic mass is 10.1. The van der Waals surface area contributed by atoms with E-state index in [4.69, 9.17) is 9.47 Å². The summed E-state index contributed by atoms with van der Waals surface area (Å²) in [6, 6.07) is 22.4. The quantitative estimate of drug-likeness (QED) is 0.486. The highest BCUT2D eigenvalue weighted by Gasteiger charge is 2.15. The van der Waals surface area contributed by atoms with Gasteiger partial charge in [-0.1, -0.05) is 36.4 Å². The molecule has 0 saturated carbocycles. The van der Waals surface area contributed by atoms with Crippen molar-refractivity contribution in [2.45, 2.75) is 6.42 Å². The minimum atomic E-state index is -0.313. The van der Waals surface area contributed by atoms with E-state index in [2.05, 4.69) is 15.0 Å². The van der Waals surface area contributed by atoms with Crippen LogP contribution < -0.4 is 9.47 Å². The van der Waals surface area contributed by atoms with E-state index >= 15 is 0 Å². The first kappa shape index (κ1) is 19.4. The number of hydrogen-bond donors (Lipinski definition) is 1. The number of methoxy groups -OCH3 is 2. The Morgan fingerprint density at radius 3 is 2.40 bits per heavy atom. The Morgan fingerprint density at radius 1 is 0.933 bits per heavy atom. The highest BCUT2D eigenvalue weighted by atomic mass is 16.5. The molecule has 0 aliphatic rings. The molecule has 0 aliphatic heterocycles. The molecule has 0 radical (unpaired) electrons. The molecule has 150 valence electrons. The van der Waals surface area contributed by atoms with Crippen LogP contribution in [0.1, 0.15) is 21.7 Å². The van der Waals surface area contributed by atoms with Gasteiger partial charge >= 0.3 is 0 Å². The summed E-state index contributed by atoms with van der Waals surface area (Å²) in [5.74, 6) is 1.51. The van der Waals surface area contributed by atoms with Crippen LogP contribution >= 0.6 is 0 Å². The van der Waals surface area contributed by atoms with Crippen molar-refractivity contribution >= 4 is 22.7 Å². The zero-order valence-corrected chi connectivity index (χ0v) is 16.8. The predicted molar refractivity (Wildman–Crippen MR) is 117 cm³/mol. The van der Waals surface area contributed by atoms with Gasteiger partial charge in [-0.05, 0) is 42.0 Å². The van der Waals surface area contributed by atoms with E-state index in [0.717, 1.165) is 16.6 Å². The first-order valence-electron chi connectivity index (χ1n) is 9.51. The van der Waals surface area contributed by atoms with Crippen LogP contribution in [-0.4, -0.2) is 35.8 Å². The largest absolute Gasteiger partial charge is 0.493 e. The number of nitrogens with zero attached hydrogens (tertiary/aromatic N) is 2.